The molecule has 0 fully saturated rings. The van der Waals surface area contributed by atoms with Gasteiger partial charge in [-0.25, -0.2) is 8.42 Å². The summed E-state index contributed by atoms with van der Waals surface area (Å²) >= 11 is 12.9. The second kappa shape index (κ2) is 14.8. The number of carbonyl (C=O) groups is 2. The molecule has 0 aromatic heterocycles. The first-order valence-corrected chi connectivity index (χ1v) is 15.9. The smallest absolute Gasteiger partial charge is 0.264 e. The second-order valence-corrected chi connectivity index (χ2v) is 12.9. The van der Waals surface area contributed by atoms with Gasteiger partial charge in [0.2, 0.25) is 11.8 Å². The van der Waals surface area contributed by atoms with E-state index in [0.29, 0.717) is 27.9 Å². The molecule has 0 aliphatic heterocycles. The van der Waals surface area contributed by atoms with Gasteiger partial charge >= 0.3 is 0 Å². The molecule has 2 amide bonds. The molecule has 0 saturated heterocycles. The van der Waals surface area contributed by atoms with E-state index in [2.05, 4.69) is 5.32 Å². The van der Waals surface area contributed by atoms with E-state index in [0.717, 1.165) is 9.87 Å². The highest BCUT2D eigenvalue weighted by molar-refractivity contribution is 7.92. The van der Waals surface area contributed by atoms with Crippen LogP contribution in [0, 0.1) is 12.8 Å². The van der Waals surface area contributed by atoms with Gasteiger partial charge < -0.3 is 15.0 Å². The third-order valence-corrected chi connectivity index (χ3v) is 9.05. The predicted octanol–water partition coefficient (Wildman–Crippen LogP) is 6.09. The molecule has 3 aromatic rings. The summed E-state index contributed by atoms with van der Waals surface area (Å²) in [5.74, 6) is -0.525. The Balaban J connectivity index is 2.10. The Morgan fingerprint density at radius 2 is 1.55 bits per heavy atom. The van der Waals surface area contributed by atoms with Gasteiger partial charge in [-0.15, -0.1) is 0 Å². The van der Waals surface area contributed by atoms with Crippen LogP contribution in [-0.2, 0) is 26.2 Å². The molecule has 226 valence electrons. The molecule has 0 aliphatic rings. The Bertz CT molecular complexity index is 1480. The fraction of sp³-hybridized carbons (Fsp3) is 0.355. The SMILES string of the molecule is CCOc1ccccc1N(CC(=O)N(Cc1c(Cl)cccc1Cl)[C@@H](C)C(=O)NCC(C)C)S(=O)(=O)c1ccc(C)cc1. The molecule has 0 bridgehead atoms. The Morgan fingerprint density at radius 3 is 2.14 bits per heavy atom. The van der Waals surface area contributed by atoms with E-state index in [4.69, 9.17) is 27.9 Å². The van der Waals surface area contributed by atoms with Gasteiger partial charge in [-0.2, -0.15) is 0 Å². The molecular weight excluding hydrogens is 597 g/mol. The van der Waals surface area contributed by atoms with Gasteiger partial charge in [0.1, 0.15) is 18.3 Å². The van der Waals surface area contributed by atoms with Crippen LogP contribution in [0.3, 0.4) is 0 Å². The molecule has 0 unspecified atom stereocenters. The van der Waals surface area contributed by atoms with Gasteiger partial charge in [0.15, 0.2) is 0 Å². The van der Waals surface area contributed by atoms with Gasteiger partial charge in [0, 0.05) is 28.7 Å². The van der Waals surface area contributed by atoms with Crippen LogP contribution in [0.25, 0.3) is 0 Å². The number of rotatable bonds is 13. The largest absolute Gasteiger partial charge is 0.492 e. The molecule has 3 aromatic carbocycles. The van der Waals surface area contributed by atoms with E-state index in [-0.39, 0.29) is 35.6 Å². The van der Waals surface area contributed by atoms with Crippen LogP contribution in [0.2, 0.25) is 10.0 Å². The summed E-state index contributed by atoms with van der Waals surface area (Å²) in [6.45, 7) is 9.12. The van der Waals surface area contributed by atoms with E-state index in [1.54, 1.807) is 68.4 Å². The number of benzene rings is 3. The van der Waals surface area contributed by atoms with Crippen molar-refractivity contribution < 1.29 is 22.7 Å². The average molecular weight is 635 g/mol. The quantitative estimate of drug-likeness (QED) is 0.246. The van der Waals surface area contributed by atoms with Crippen LogP contribution in [0.5, 0.6) is 5.75 Å². The molecule has 11 heteroatoms. The van der Waals surface area contributed by atoms with Crippen LogP contribution >= 0.6 is 23.2 Å². The van der Waals surface area contributed by atoms with E-state index < -0.39 is 28.5 Å². The standard InChI is InChI=1S/C31H37Cl2N3O5S/c1-6-41-29-13-8-7-12-28(29)36(42(39,40)24-16-14-22(4)15-17-24)20-30(37)35(23(5)31(38)34-18-21(2)3)19-25-26(32)10-9-11-27(25)33/h7-17,21,23H,6,18-20H2,1-5H3,(H,34,38)/t23-/m0/s1. The molecule has 0 spiro atoms. The van der Waals surface area contributed by atoms with Crippen LogP contribution in [0.4, 0.5) is 5.69 Å². The van der Waals surface area contributed by atoms with Crippen LogP contribution in [0.15, 0.2) is 71.6 Å². The number of anilines is 1. The van der Waals surface area contributed by atoms with E-state index in [1.807, 2.05) is 20.8 Å². The first-order chi connectivity index (χ1) is 19.9. The zero-order valence-corrected chi connectivity index (χ0v) is 26.8. The number of nitrogens with one attached hydrogen (secondary N) is 1. The van der Waals surface area contributed by atoms with Gasteiger partial charge in [-0.1, -0.05) is 72.9 Å². The van der Waals surface area contributed by atoms with Crippen molar-refractivity contribution in [3.8, 4) is 5.75 Å². The average Bonchev–Trinajstić information content (AvgIpc) is 2.95. The summed E-state index contributed by atoms with van der Waals surface area (Å²) in [6.07, 6.45) is 0. The minimum absolute atomic E-state index is 0.00984. The van der Waals surface area contributed by atoms with Crippen LogP contribution < -0.4 is 14.4 Å². The molecule has 1 N–H and O–H groups in total. The van der Waals surface area contributed by atoms with E-state index in [9.17, 15) is 18.0 Å². The first kappa shape index (κ1) is 33.2. The lowest BCUT2D eigenvalue weighted by molar-refractivity contribution is -0.139. The summed E-state index contributed by atoms with van der Waals surface area (Å²) in [6, 6.07) is 17.0. The molecular formula is C31H37Cl2N3O5S. The maximum absolute atomic E-state index is 14.2. The number of carbonyl (C=O) groups excluding carboxylic acids is 2. The monoisotopic (exact) mass is 633 g/mol. The second-order valence-electron chi connectivity index (χ2n) is 10.3. The first-order valence-electron chi connectivity index (χ1n) is 13.7. The highest BCUT2D eigenvalue weighted by Crippen LogP contribution is 2.33. The lowest BCUT2D eigenvalue weighted by Gasteiger charge is -2.33. The number of para-hydroxylation sites is 2. The normalized spacial score (nSPS) is 12.1. The number of hydrogen-bond acceptors (Lipinski definition) is 5. The van der Waals surface area contributed by atoms with Crippen molar-refractivity contribution >= 4 is 50.7 Å². The van der Waals surface area contributed by atoms with Gasteiger partial charge in [0.05, 0.1) is 17.2 Å². The molecule has 0 saturated carbocycles. The maximum Gasteiger partial charge on any atom is 0.264 e. The Morgan fingerprint density at radius 1 is 0.929 bits per heavy atom. The lowest BCUT2D eigenvalue weighted by Crippen LogP contribution is -2.51. The van der Waals surface area contributed by atoms with Crippen molar-refractivity contribution in [2.24, 2.45) is 5.92 Å². The Hall–Kier alpha value is -3.27. The summed E-state index contributed by atoms with van der Waals surface area (Å²) in [4.78, 5) is 28.6. The number of ether oxygens (including phenoxy) is 1. The molecule has 0 heterocycles. The summed E-state index contributed by atoms with van der Waals surface area (Å²) in [5, 5.41) is 3.49. The van der Waals surface area contributed by atoms with Crippen LogP contribution in [-0.4, -0.2) is 50.9 Å². The van der Waals surface area contributed by atoms with Crippen molar-refractivity contribution in [1.82, 2.24) is 10.2 Å². The van der Waals surface area contributed by atoms with Crippen molar-refractivity contribution in [3.05, 3.63) is 87.9 Å². The maximum atomic E-state index is 14.2. The predicted molar refractivity (Wildman–Crippen MR) is 168 cm³/mol. The summed E-state index contributed by atoms with van der Waals surface area (Å²) in [7, 11) is -4.24. The van der Waals surface area contributed by atoms with Gasteiger partial charge in [-0.05, 0) is 63.1 Å². The highest BCUT2D eigenvalue weighted by Gasteiger charge is 2.34. The summed E-state index contributed by atoms with van der Waals surface area (Å²) in [5.41, 5.74) is 1.52. The molecule has 8 nitrogen and oxygen atoms in total. The number of amides is 2. The topological polar surface area (TPSA) is 96.0 Å². The molecule has 42 heavy (non-hydrogen) atoms. The van der Waals surface area contributed by atoms with Crippen molar-refractivity contribution in [1.29, 1.82) is 0 Å². The van der Waals surface area contributed by atoms with Crippen molar-refractivity contribution in [2.75, 3.05) is 24.0 Å². The fourth-order valence-electron chi connectivity index (χ4n) is 4.18. The molecule has 0 radical (unpaired) electrons. The lowest BCUT2D eigenvalue weighted by atomic mass is 10.1. The van der Waals surface area contributed by atoms with Gasteiger partial charge in [-0.3, -0.25) is 13.9 Å². The number of nitrogens with zero attached hydrogens (tertiary/aromatic N) is 2. The number of aryl methyl sites for hydroxylation is 1. The minimum Gasteiger partial charge on any atom is -0.492 e. The number of sulfonamides is 1. The molecule has 1 atom stereocenters. The fourth-order valence-corrected chi connectivity index (χ4v) is 6.12. The van der Waals surface area contributed by atoms with E-state index in [1.165, 1.54) is 17.0 Å². The van der Waals surface area contributed by atoms with Crippen molar-refractivity contribution in [3.63, 3.8) is 0 Å². The van der Waals surface area contributed by atoms with Gasteiger partial charge in [0.25, 0.3) is 10.0 Å². The van der Waals surface area contributed by atoms with Crippen LogP contribution in [0.1, 0.15) is 38.8 Å². The molecule has 3 rings (SSSR count). The number of halogens is 2. The minimum atomic E-state index is -4.24. The summed E-state index contributed by atoms with van der Waals surface area (Å²) < 4.78 is 34.9. The highest BCUT2D eigenvalue weighted by atomic mass is 35.5. The zero-order valence-electron chi connectivity index (χ0n) is 24.4. The van der Waals surface area contributed by atoms with Crippen molar-refractivity contribution in [2.45, 2.75) is 52.1 Å². The van der Waals surface area contributed by atoms with E-state index >= 15 is 0 Å². The third-order valence-electron chi connectivity index (χ3n) is 6.56. The molecule has 0 aliphatic carbocycles. The Labute approximate surface area is 258 Å². The third kappa shape index (κ3) is 8.18. The zero-order chi connectivity index (χ0) is 31.0. The Kier molecular flexibility index (Phi) is 11.7. The number of hydrogen-bond donors (Lipinski definition) is 1.